The van der Waals surface area contributed by atoms with Gasteiger partial charge in [-0.15, -0.1) is 11.3 Å². The molecule has 0 amide bonds. The first-order valence-corrected chi connectivity index (χ1v) is 5.67. The maximum atomic E-state index is 10.7. The molecule has 0 unspecified atom stereocenters. The van der Waals surface area contributed by atoms with Gasteiger partial charge in [-0.1, -0.05) is 18.2 Å². The van der Waals surface area contributed by atoms with E-state index in [1.165, 1.54) is 0 Å². The number of aromatic nitrogens is 2. The van der Waals surface area contributed by atoms with Crippen LogP contribution < -0.4 is 0 Å². The second kappa shape index (κ2) is 3.67. The Morgan fingerprint density at radius 2 is 2.18 bits per heavy atom. The molecule has 3 aromatic rings. The number of fused-ring (bicyclic) bond motifs is 1. The highest BCUT2D eigenvalue weighted by Crippen LogP contribution is 2.32. The Labute approximate surface area is 99.3 Å². The first kappa shape index (κ1) is 9.98. The average Bonchev–Trinajstić information content (AvgIpc) is 2.95. The standard InChI is InChI=1S/C11H6N2O3S/c14-11(15)9-12-10(16-13-9)7-5-17-8-4-2-1-3-6(7)8/h1-5H,(H,14,15). The Morgan fingerprint density at radius 1 is 1.35 bits per heavy atom. The van der Waals surface area contributed by atoms with Gasteiger partial charge in [-0.2, -0.15) is 4.98 Å². The van der Waals surface area contributed by atoms with E-state index in [2.05, 4.69) is 10.1 Å². The third-order valence-corrected chi connectivity index (χ3v) is 3.29. The minimum absolute atomic E-state index is 0.236. The van der Waals surface area contributed by atoms with E-state index < -0.39 is 5.97 Å². The number of carboxylic acid groups (broad SMARTS) is 1. The van der Waals surface area contributed by atoms with Gasteiger partial charge in [0.15, 0.2) is 0 Å². The molecule has 0 fully saturated rings. The maximum Gasteiger partial charge on any atom is 0.377 e. The first-order valence-electron chi connectivity index (χ1n) is 4.79. The summed E-state index contributed by atoms with van der Waals surface area (Å²) < 4.78 is 6.04. The molecule has 0 radical (unpaired) electrons. The zero-order valence-corrected chi connectivity index (χ0v) is 9.27. The fourth-order valence-corrected chi connectivity index (χ4v) is 2.50. The first-order chi connectivity index (χ1) is 8.25. The lowest BCUT2D eigenvalue weighted by molar-refractivity contribution is 0.0680. The molecule has 84 valence electrons. The molecule has 0 spiro atoms. The van der Waals surface area contributed by atoms with Gasteiger partial charge < -0.3 is 9.63 Å². The van der Waals surface area contributed by atoms with Crippen molar-refractivity contribution < 1.29 is 14.4 Å². The Balaban J connectivity index is 2.17. The quantitative estimate of drug-likeness (QED) is 0.752. The molecule has 0 atom stereocenters. The molecule has 17 heavy (non-hydrogen) atoms. The third kappa shape index (κ3) is 1.58. The van der Waals surface area contributed by atoms with Crippen LogP contribution in [0.15, 0.2) is 34.2 Å². The molecular formula is C11H6N2O3S. The Kier molecular flexibility index (Phi) is 2.15. The second-order valence-electron chi connectivity index (χ2n) is 3.37. The minimum Gasteiger partial charge on any atom is -0.475 e. The van der Waals surface area contributed by atoms with Gasteiger partial charge >= 0.3 is 5.97 Å². The van der Waals surface area contributed by atoms with Crippen LogP contribution in [0.1, 0.15) is 10.6 Å². The van der Waals surface area contributed by atoms with Gasteiger partial charge in [0.2, 0.25) is 0 Å². The van der Waals surface area contributed by atoms with Gasteiger partial charge in [0.1, 0.15) is 0 Å². The van der Waals surface area contributed by atoms with Crippen molar-refractivity contribution in [1.29, 1.82) is 0 Å². The number of carboxylic acids is 1. The number of hydrogen-bond acceptors (Lipinski definition) is 5. The van der Waals surface area contributed by atoms with Crippen LogP contribution in [0.25, 0.3) is 21.5 Å². The van der Waals surface area contributed by atoms with Crippen molar-refractivity contribution in [3.8, 4) is 11.5 Å². The third-order valence-electron chi connectivity index (χ3n) is 2.33. The highest BCUT2D eigenvalue weighted by molar-refractivity contribution is 7.17. The second-order valence-corrected chi connectivity index (χ2v) is 4.29. The van der Waals surface area contributed by atoms with Crippen molar-refractivity contribution in [2.24, 2.45) is 0 Å². The van der Waals surface area contributed by atoms with Crippen molar-refractivity contribution in [3.63, 3.8) is 0 Å². The summed E-state index contributed by atoms with van der Waals surface area (Å²) >= 11 is 1.55. The van der Waals surface area contributed by atoms with Crippen LogP contribution in [0.4, 0.5) is 0 Å². The minimum atomic E-state index is -1.19. The van der Waals surface area contributed by atoms with Crippen LogP contribution in [0.2, 0.25) is 0 Å². The normalized spacial score (nSPS) is 10.8. The summed E-state index contributed by atoms with van der Waals surface area (Å²) in [6, 6.07) is 7.77. The van der Waals surface area contributed by atoms with Crippen molar-refractivity contribution >= 4 is 27.4 Å². The number of benzene rings is 1. The van der Waals surface area contributed by atoms with E-state index in [4.69, 9.17) is 9.63 Å². The van der Waals surface area contributed by atoms with E-state index in [-0.39, 0.29) is 11.7 Å². The highest BCUT2D eigenvalue weighted by Gasteiger charge is 2.16. The molecule has 2 heterocycles. The zero-order chi connectivity index (χ0) is 11.8. The fourth-order valence-electron chi connectivity index (χ4n) is 1.56. The zero-order valence-electron chi connectivity index (χ0n) is 8.45. The highest BCUT2D eigenvalue weighted by atomic mass is 32.1. The Hall–Kier alpha value is -2.21. The molecule has 0 saturated heterocycles. The van der Waals surface area contributed by atoms with Gasteiger partial charge in [0, 0.05) is 15.5 Å². The maximum absolute atomic E-state index is 10.7. The summed E-state index contributed by atoms with van der Waals surface area (Å²) in [6.07, 6.45) is 0. The monoisotopic (exact) mass is 246 g/mol. The molecule has 0 aliphatic heterocycles. The molecular weight excluding hydrogens is 240 g/mol. The number of aromatic carboxylic acids is 1. The van der Waals surface area contributed by atoms with E-state index in [0.717, 1.165) is 15.6 Å². The number of rotatable bonds is 2. The van der Waals surface area contributed by atoms with Gasteiger partial charge in [-0.3, -0.25) is 0 Å². The van der Waals surface area contributed by atoms with Gasteiger partial charge in [-0.25, -0.2) is 4.79 Å². The molecule has 2 aromatic heterocycles. The molecule has 0 saturated carbocycles. The summed E-state index contributed by atoms with van der Waals surface area (Å²) in [4.78, 5) is 14.5. The number of thiophene rings is 1. The van der Waals surface area contributed by atoms with Crippen LogP contribution in [0.3, 0.4) is 0 Å². The van der Waals surface area contributed by atoms with Crippen LogP contribution in [0, 0.1) is 0 Å². The molecule has 0 bridgehead atoms. The molecule has 1 N–H and O–H groups in total. The summed E-state index contributed by atoms with van der Waals surface area (Å²) in [5.74, 6) is -1.28. The van der Waals surface area contributed by atoms with Gasteiger partial charge in [0.25, 0.3) is 11.7 Å². The van der Waals surface area contributed by atoms with E-state index in [1.54, 1.807) is 11.3 Å². The average molecular weight is 246 g/mol. The van der Waals surface area contributed by atoms with Crippen LogP contribution in [-0.4, -0.2) is 21.2 Å². The van der Waals surface area contributed by atoms with E-state index in [9.17, 15) is 4.79 Å². The SMILES string of the molecule is O=C(O)c1noc(-c2csc3ccccc23)n1. The van der Waals surface area contributed by atoms with Crippen LogP contribution >= 0.6 is 11.3 Å². The predicted octanol–water partition coefficient (Wildman–Crippen LogP) is 2.65. The number of nitrogens with zero attached hydrogens (tertiary/aromatic N) is 2. The van der Waals surface area contributed by atoms with Gasteiger partial charge in [0.05, 0.1) is 5.56 Å². The van der Waals surface area contributed by atoms with Crippen molar-refractivity contribution in [3.05, 3.63) is 35.5 Å². The fraction of sp³-hybridized carbons (Fsp3) is 0. The Bertz CT molecular complexity index is 701. The van der Waals surface area contributed by atoms with E-state index in [1.807, 2.05) is 29.6 Å². The molecule has 0 aliphatic carbocycles. The lowest BCUT2D eigenvalue weighted by Crippen LogP contribution is -1.98. The smallest absolute Gasteiger partial charge is 0.377 e. The molecule has 1 aromatic carbocycles. The Morgan fingerprint density at radius 3 is 2.94 bits per heavy atom. The van der Waals surface area contributed by atoms with Crippen molar-refractivity contribution in [2.45, 2.75) is 0 Å². The molecule has 3 rings (SSSR count). The summed E-state index contributed by atoms with van der Waals surface area (Å²) in [5.41, 5.74) is 0.769. The molecule has 6 heteroatoms. The van der Waals surface area contributed by atoms with E-state index >= 15 is 0 Å². The summed E-state index contributed by atoms with van der Waals surface area (Å²) in [6.45, 7) is 0. The largest absolute Gasteiger partial charge is 0.475 e. The number of carbonyl (C=O) groups is 1. The van der Waals surface area contributed by atoms with Crippen molar-refractivity contribution in [1.82, 2.24) is 10.1 Å². The lowest BCUT2D eigenvalue weighted by Gasteiger charge is -1.90. The van der Waals surface area contributed by atoms with Crippen LogP contribution in [-0.2, 0) is 0 Å². The van der Waals surface area contributed by atoms with Crippen LogP contribution in [0.5, 0.6) is 0 Å². The number of hydrogen-bond donors (Lipinski definition) is 1. The van der Waals surface area contributed by atoms with E-state index in [0.29, 0.717) is 0 Å². The lowest BCUT2D eigenvalue weighted by atomic mass is 10.2. The van der Waals surface area contributed by atoms with Crippen molar-refractivity contribution in [2.75, 3.05) is 0 Å². The summed E-state index contributed by atoms with van der Waals surface area (Å²) in [5, 5.41) is 15.0. The predicted molar refractivity (Wildman–Crippen MR) is 62.1 cm³/mol. The molecule has 0 aliphatic rings. The molecule has 5 nitrogen and oxygen atoms in total. The van der Waals surface area contributed by atoms with Gasteiger partial charge in [-0.05, 0) is 11.2 Å². The topological polar surface area (TPSA) is 76.2 Å². The summed E-state index contributed by atoms with van der Waals surface area (Å²) in [7, 11) is 0.